The fraction of sp³-hybridized carbons (Fsp3) is 0.0588. The maximum absolute atomic E-state index is 11.4. The van der Waals surface area contributed by atoms with E-state index in [9.17, 15) is 9.90 Å². The van der Waals surface area contributed by atoms with Crippen LogP contribution in [0.1, 0.15) is 15.9 Å². The summed E-state index contributed by atoms with van der Waals surface area (Å²) in [6.07, 6.45) is 3.51. The molecule has 0 spiro atoms. The van der Waals surface area contributed by atoms with Gasteiger partial charge in [-0.3, -0.25) is 4.98 Å². The Morgan fingerprint density at radius 1 is 1.05 bits per heavy atom. The van der Waals surface area contributed by atoms with E-state index in [2.05, 4.69) is 4.98 Å². The molecule has 98 valence electrons. The van der Waals surface area contributed by atoms with E-state index in [0.29, 0.717) is 11.1 Å². The smallest absolute Gasteiger partial charge is 0.336 e. The monoisotopic (exact) mass is 263 g/mol. The zero-order valence-electron chi connectivity index (χ0n) is 11.0. The number of hydrogen-bond acceptors (Lipinski definition) is 2. The summed E-state index contributed by atoms with van der Waals surface area (Å²) >= 11 is 0. The van der Waals surface area contributed by atoms with Crippen LogP contribution in [0.25, 0.3) is 21.9 Å². The van der Waals surface area contributed by atoms with E-state index >= 15 is 0 Å². The maximum atomic E-state index is 11.4. The minimum atomic E-state index is -0.923. The van der Waals surface area contributed by atoms with Crippen LogP contribution in [0.2, 0.25) is 0 Å². The van der Waals surface area contributed by atoms with Crippen LogP contribution in [0.4, 0.5) is 0 Å². The largest absolute Gasteiger partial charge is 0.478 e. The Balaban J connectivity index is 2.36. The predicted molar refractivity (Wildman–Crippen MR) is 78.9 cm³/mol. The van der Waals surface area contributed by atoms with Crippen LogP contribution >= 0.6 is 0 Å². The molecule has 0 saturated carbocycles. The summed E-state index contributed by atoms with van der Waals surface area (Å²) in [5.41, 5.74) is 2.89. The molecular weight excluding hydrogens is 250 g/mol. The number of rotatable bonds is 2. The SMILES string of the molecule is Cc1ccc(C(=O)O)c(-c2cncc3ccccc23)c1. The summed E-state index contributed by atoms with van der Waals surface area (Å²) in [5.74, 6) is -0.923. The van der Waals surface area contributed by atoms with Crippen molar-refractivity contribution in [3.05, 3.63) is 66.0 Å². The van der Waals surface area contributed by atoms with Crippen LogP contribution < -0.4 is 0 Å². The van der Waals surface area contributed by atoms with E-state index in [0.717, 1.165) is 21.9 Å². The molecule has 2 aromatic carbocycles. The van der Waals surface area contributed by atoms with Crippen LogP contribution in [0.3, 0.4) is 0 Å². The second-order valence-electron chi connectivity index (χ2n) is 4.76. The Morgan fingerprint density at radius 3 is 2.65 bits per heavy atom. The summed E-state index contributed by atoms with van der Waals surface area (Å²) in [5, 5.41) is 11.4. The number of aromatic nitrogens is 1. The van der Waals surface area contributed by atoms with E-state index in [1.807, 2.05) is 43.3 Å². The van der Waals surface area contributed by atoms with E-state index in [1.54, 1.807) is 18.5 Å². The first-order chi connectivity index (χ1) is 9.66. The van der Waals surface area contributed by atoms with Crippen molar-refractivity contribution in [3.63, 3.8) is 0 Å². The van der Waals surface area contributed by atoms with Crippen LogP contribution in [0.5, 0.6) is 0 Å². The third kappa shape index (κ3) is 2.03. The molecular formula is C17H13NO2. The topological polar surface area (TPSA) is 50.2 Å². The van der Waals surface area contributed by atoms with Gasteiger partial charge in [0.2, 0.25) is 0 Å². The molecule has 0 atom stereocenters. The molecule has 0 fully saturated rings. The van der Waals surface area contributed by atoms with Gasteiger partial charge in [-0.05, 0) is 23.9 Å². The van der Waals surface area contributed by atoms with Gasteiger partial charge in [-0.15, -0.1) is 0 Å². The molecule has 3 heteroatoms. The molecule has 0 amide bonds. The van der Waals surface area contributed by atoms with Crippen molar-refractivity contribution in [3.8, 4) is 11.1 Å². The van der Waals surface area contributed by atoms with Crippen LogP contribution in [-0.4, -0.2) is 16.1 Å². The lowest BCUT2D eigenvalue weighted by Crippen LogP contribution is -2.00. The number of benzene rings is 2. The molecule has 3 aromatic rings. The number of carboxylic acids is 1. The number of fused-ring (bicyclic) bond motifs is 1. The van der Waals surface area contributed by atoms with Crippen molar-refractivity contribution in [2.75, 3.05) is 0 Å². The summed E-state index contributed by atoms with van der Waals surface area (Å²) < 4.78 is 0. The highest BCUT2D eigenvalue weighted by atomic mass is 16.4. The molecule has 0 unspecified atom stereocenters. The minimum Gasteiger partial charge on any atom is -0.478 e. The zero-order chi connectivity index (χ0) is 14.1. The Kier molecular flexibility index (Phi) is 2.95. The number of hydrogen-bond donors (Lipinski definition) is 1. The van der Waals surface area contributed by atoms with Gasteiger partial charge in [-0.1, -0.05) is 42.0 Å². The molecule has 1 aromatic heterocycles. The average molecular weight is 263 g/mol. The third-order valence-electron chi connectivity index (χ3n) is 3.36. The Morgan fingerprint density at radius 2 is 1.85 bits per heavy atom. The fourth-order valence-electron chi connectivity index (χ4n) is 2.40. The lowest BCUT2D eigenvalue weighted by molar-refractivity contribution is 0.0698. The molecule has 1 N–H and O–H groups in total. The standard InChI is InChI=1S/C17H13NO2/c1-11-6-7-14(17(19)20)15(8-11)16-10-18-9-12-4-2-3-5-13(12)16/h2-10H,1H3,(H,19,20). The van der Waals surface area contributed by atoms with E-state index in [4.69, 9.17) is 0 Å². The summed E-state index contributed by atoms with van der Waals surface area (Å²) in [4.78, 5) is 15.6. The van der Waals surface area contributed by atoms with E-state index in [1.165, 1.54) is 0 Å². The third-order valence-corrected chi connectivity index (χ3v) is 3.36. The van der Waals surface area contributed by atoms with Gasteiger partial charge in [-0.25, -0.2) is 4.79 Å². The normalized spacial score (nSPS) is 10.7. The molecule has 0 bridgehead atoms. The van der Waals surface area contributed by atoms with Crippen molar-refractivity contribution in [1.82, 2.24) is 4.98 Å². The summed E-state index contributed by atoms with van der Waals surface area (Å²) in [6, 6.07) is 13.2. The van der Waals surface area contributed by atoms with E-state index < -0.39 is 5.97 Å². The van der Waals surface area contributed by atoms with Crippen LogP contribution in [-0.2, 0) is 0 Å². The Labute approximate surface area is 116 Å². The summed E-state index contributed by atoms with van der Waals surface area (Å²) in [6.45, 7) is 1.95. The van der Waals surface area contributed by atoms with Gasteiger partial charge in [0, 0.05) is 23.3 Å². The first-order valence-corrected chi connectivity index (χ1v) is 6.34. The van der Waals surface area contributed by atoms with Crippen molar-refractivity contribution in [1.29, 1.82) is 0 Å². The van der Waals surface area contributed by atoms with Gasteiger partial charge in [0.25, 0.3) is 0 Å². The number of aryl methyl sites for hydroxylation is 1. The van der Waals surface area contributed by atoms with Crippen molar-refractivity contribution < 1.29 is 9.90 Å². The molecule has 0 aliphatic carbocycles. The average Bonchev–Trinajstić information content (AvgIpc) is 2.46. The quantitative estimate of drug-likeness (QED) is 0.762. The molecule has 1 heterocycles. The molecule has 0 aliphatic rings. The number of carbonyl (C=O) groups is 1. The zero-order valence-corrected chi connectivity index (χ0v) is 11.0. The first-order valence-electron chi connectivity index (χ1n) is 6.34. The fourth-order valence-corrected chi connectivity index (χ4v) is 2.40. The second kappa shape index (κ2) is 4.78. The van der Waals surface area contributed by atoms with Crippen molar-refractivity contribution in [2.45, 2.75) is 6.92 Å². The number of carboxylic acid groups (broad SMARTS) is 1. The van der Waals surface area contributed by atoms with Gasteiger partial charge < -0.3 is 5.11 Å². The molecule has 0 aliphatic heterocycles. The highest BCUT2D eigenvalue weighted by Gasteiger charge is 2.14. The number of pyridine rings is 1. The second-order valence-corrected chi connectivity index (χ2v) is 4.76. The van der Waals surface area contributed by atoms with Crippen LogP contribution in [0.15, 0.2) is 54.9 Å². The number of nitrogens with zero attached hydrogens (tertiary/aromatic N) is 1. The van der Waals surface area contributed by atoms with Gasteiger partial charge in [-0.2, -0.15) is 0 Å². The molecule has 0 radical (unpaired) electrons. The highest BCUT2D eigenvalue weighted by Crippen LogP contribution is 2.30. The maximum Gasteiger partial charge on any atom is 0.336 e. The summed E-state index contributed by atoms with van der Waals surface area (Å²) in [7, 11) is 0. The lowest BCUT2D eigenvalue weighted by atomic mass is 9.95. The number of aromatic carboxylic acids is 1. The first kappa shape index (κ1) is 12.4. The van der Waals surface area contributed by atoms with Crippen molar-refractivity contribution >= 4 is 16.7 Å². The van der Waals surface area contributed by atoms with Gasteiger partial charge in [0.15, 0.2) is 0 Å². The lowest BCUT2D eigenvalue weighted by Gasteiger charge is -2.10. The van der Waals surface area contributed by atoms with Gasteiger partial charge in [0.05, 0.1) is 5.56 Å². The van der Waals surface area contributed by atoms with Gasteiger partial charge in [0.1, 0.15) is 0 Å². The highest BCUT2D eigenvalue weighted by molar-refractivity contribution is 6.03. The Bertz CT molecular complexity index is 804. The molecule has 0 saturated heterocycles. The molecule has 20 heavy (non-hydrogen) atoms. The molecule has 3 rings (SSSR count). The van der Waals surface area contributed by atoms with Crippen LogP contribution in [0, 0.1) is 6.92 Å². The minimum absolute atomic E-state index is 0.300. The van der Waals surface area contributed by atoms with Crippen molar-refractivity contribution in [2.24, 2.45) is 0 Å². The van der Waals surface area contributed by atoms with E-state index in [-0.39, 0.29) is 0 Å². The Hall–Kier alpha value is -2.68. The predicted octanol–water partition coefficient (Wildman–Crippen LogP) is 3.91. The van der Waals surface area contributed by atoms with Gasteiger partial charge >= 0.3 is 5.97 Å². The molecule has 3 nitrogen and oxygen atoms in total.